The maximum atomic E-state index is 11.8. The first-order valence-electron chi connectivity index (χ1n) is 6.73. The van der Waals surface area contributed by atoms with Crippen LogP contribution in [0.4, 0.5) is 0 Å². The summed E-state index contributed by atoms with van der Waals surface area (Å²) < 4.78 is 7.15. The summed E-state index contributed by atoms with van der Waals surface area (Å²) in [6.45, 7) is 2.88. The standard InChI is InChI=1S/C15H18ClN3O2/c1-12(9-19-8-4-7-17-19)18-15(20)11-21-10-13-5-2-3-6-14(13)16/h2-8,12H,9-11H2,1H3,(H,18,20). The Morgan fingerprint density at radius 2 is 2.24 bits per heavy atom. The molecule has 0 bridgehead atoms. The quantitative estimate of drug-likeness (QED) is 0.853. The van der Waals surface area contributed by atoms with Crippen LogP contribution in [-0.2, 0) is 22.7 Å². The van der Waals surface area contributed by atoms with Crippen LogP contribution in [0.5, 0.6) is 0 Å². The Balaban J connectivity index is 1.69. The molecule has 0 saturated heterocycles. The molecule has 2 rings (SSSR count). The predicted molar refractivity (Wildman–Crippen MR) is 80.9 cm³/mol. The second-order valence-electron chi connectivity index (χ2n) is 4.78. The molecule has 21 heavy (non-hydrogen) atoms. The molecule has 1 atom stereocenters. The summed E-state index contributed by atoms with van der Waals surface area (Å²) in [6.07, 6.45) is 3.57. The van der Waals surface area contributed by atoms with Crippen LogP contribution in [0.3, 0.4) is 0 Å². The van der Waals surface area contributed by atoms with Crippen LogP contribution in [0.15, 0.2) is 42.7 Å². The van der Waals surface area contributed by atoms with E-state index in [4.69, 9.17) is 16.3 Å². The van der Waals surface area contributed by atoms with Gasteiger partial charge in [-0.3, -0.25) is 9.48 Å². The topological polar surface area (TPSA) is 56.2 Å². The number of amides is 1. The average Bonchev–Trinajstić information content (AvgIpc) is 2.93. The summed E-state index contributed by atoms with van der Waals surface area (Å²) >= 11 is 6.01. The third kappa shape index (κ3) is 5.21. The highest BCUT2D eigenvalue weighted by atomic mass is 35.5. The van der Waals surface area contributed by atoms with E-state index in [9.17, 15) is 4.79 Å². The second-order valence-corrected chi connectivity index (χ2v) is 5.19. The van der Waals surface area contributed by atoms with Crippen molar-refractivity contribution in [2.75, 3.05) is 6.61 Å². The highest BCUT2D eigenvalue weighted by Gasteiger charge is 2.08. The zero-order chi connectivity index (χ0) is 15.1. The Kier molecular flexibility index (Phi) is 5.78. The number of hydrogen-bond donors (Lipinski definition) is 1. The molecule has 2 aromatic rings. The fourth-order valence-electron chi connectivity index (χ4n) is 1.92. The molecule has 1 aromatic heterocycles. The van der Waals surface area contributed by atoms with Crippen LogP contribution in [0, 0.1) is 0 Å². The normalized spacial score (nSPS) is 12.1. The Morgan fingerprint density at radius 3 is 2.95 bits per heavy atom. The van der Waals surface area contributed by atoms with Crippen molar-refractivity contribution < 1.29 is 9.53 Å². The van der Waals surface area contributed by atoms with E-state index in [0.29, 0.717) is 18.2 Å². The second kappa shape index (κ2) is 7.81. The van der Waals surface area contributed by atoms with Gasteiger partial charge in [0, 0.05) is 23.5 Å². The predicted octanol–water partition coefficient (Wildman–Crippen LogP) is 2.26. The van der Waals surface area contributed by atoms with Crippen molar-refractivity contribution in [3.8, 4) is 0 Å². The average molecular weight is 308 g/mol. The van der Waals surface area contributed by atoms with Gasteiger partial charge in [0.1, 0.15) is 6.61 Å². The lowest BCUT2D eigenvalue weighted by molar-refractivity contribution is -0.126. The Hall–Kier alpha value is -1.85. The maximum Gasteiger partial charge on any atom is 0.246 e. The summed E-state index contributed by atoms with van der Waals surface area (Å²) in [6, 6.07) is 9.25. The van der Waals surface area contributed by atoms with Gasteiger partial charge in [0.2, 0.25) is 5.91 Å². The molecule has 0 radical (unpaired) electrons. The van der Waals surface area contributed by atoms with Gasteiger partial charge in [-0.25, -0.2) is 0 Å². The molecule has 0 spiro atoms. The van der Waals surface area contributed by atoms with E-state index < -0.39 is 0 Å². The number of rotatable bonds is 7. The molecule has 0 aliphatic heterocycles. The molecule has 6 heteroatoms. The van der Waals surface area contributed by atoms with Crippen LogP contribution in [0.25, 0.3) is 0 Å². The van der Waals surface area contributed by atoms with Gasteiger partial charge in [-0.1, -0.05) is 29.8 Å². The van der Waals surface area contributed by atoms with E-state index in [2.05, 4.69) is 10.4 Å². The van der Waals surface area contributed by atoms with Gasteiger partial charge in [-0.2, -0.15) is 5.10 Å². The van der Waals surface area contributed by atoms with E-state index >= 15 is 0 Å². The minimum Gasteiger partial charge on any atom is -0.367 e. The molecule has 5 nitrogen and oxygen atoms in total. The van der Waals surface area contributed by atoms with Gasteiger partial charge in [0.25, 0.3) is 0 Å². The zero-order valence-electron chi connectivity index (χ0n) is 11.8. The Labute approximate surface area is 128 Å². The van der Waals surface area contributed by atoms with Crippen molar-refractivity contribution in [3.63, 3.8) is 0 Å². The number of hydrogen-bond acceptors (Lipinski definition) is 3. The van der Waals surface area contributed by atoms with Crippen molar-refractivity contribution in [1.82, 2.24) is 15.1 Å². The van der Waals surface area contributed by atoms with E-state index in [1.165, 1.54) is 0 Å². The number of halogens is 1. The van der Waals surface area contributed by atoms with Gasteiger partial charge in [-0.15, -0.1) is 0 Å². The van der Waals surface area contributed by atoms with Crippen LogP contribution < -0.4 is 5.32 Å². The molecule has 1 amide bonds. The number of aromatic nitrogens is 2. The molecule has 1 N–H and O–H groups in total. The lowest BCUT2D eigenvalue weighted by Gasteiger charge is -2.14. The van der Waals surface area contributed by atoms with Crippen molar-refractivity contribution in [2.45, 2.75) is 26.1 Å². The highest BCUT2D eigenvalue weighted by molar-refractivity contribution is 6.31. The molecule has 0 saturated carbocycles. The molecule has 0 fully saturated rings. The molecule has 1 aromatic carbocycles. The number of ether oxygens (including phenoxy) is 1. The van der Waals surface area contributed by atoms with Gasteiger partial charge < -0.3 is 10.1 Å². The third-order valence-electron chi connectivity index (χ3n) is 2.88. The third-order valence-corrected chi connectivity index (χ3v) is 3.24. The SMILES string of the molecule is CC(Cn1cccn1)NC(=O)COCc1ccccc1Cl. The smallest absolute Gasteiger partial charge is 0.246 e. The molecule has 0 aliphatic rings. The molecular weight excluding hydrogens is 290 g/mol. The van der Waals surface area contributed by atoms with Crippen LogP contribution in [0.2, 0.25) is 5.02 Å². The Bertz CT molecular complexity index is 572. The van der Waals surface area contributed by atoms with Crippen LogP contribution in [-0.4, -0.2) is 28.3 Å². The van der Waals surface area contributed by atoms with Crippen LogP contribution in [0.1, 0.15) is 12.5 Å². The monoisotopic (exact) mass is 307 g/mol. The lowest BCUT2D eigenvalue weighted by Crippen LogP contribution is -2.38. The van der Waals surface area contributed by atoms with Crippen molar-refractivity contribution >= 4 is 17.5 Å². The van der Waals surface area contributed by atoms with E-state index in [0.717, 1.165) is 5.56 Å². The first kappa shape index (κ1) is 15.5. The van der Waals surface area contributed by atoms with Gasteiger partial charge in [0.15, 0.2) is 0 Å². The molecule has 0 aliphatic carbocycles. The summed E-state index contributed by atoms with van der Waals surface area (Å²) in [7, 11) is 0. The molecule has 1 unspecified atom stereocenters. The first-order chi connectivity index (χ1) is 10.1. The number of nitrogens with zero attached hydrogens (tertiary/aromatic N) is 2. The minimum atomic E-state index is -0.151. The number of nitrogens with one attached hydrogen (secondary N) is 1. The maximum absolute atomic E-state index is 11.8. The van der Waals surface area contributed by atoms with Crippen LogP contribution >= 0.6 is 11.6 Å². The lowest BCUT2D eigenvalue weighted by atomic mass is 10.2. The van der Waals surface area contributed by atoms with Gasteiger partial charge in [-0.05, 0) is 24.6 Å². The van der Waals surface area contributed by atoms with E-state index in [1.54, 1.807) is 16.9 Å². The molecule has 112 valence electrons. The summed E-state index contributed by atoms with van der Waals surface area (Å²) in [5.41, 5.74) is 0.872. The molecular formula is C15H18ClN3O2. The van der Waals surface area contributed by atoms with Crippen molar-refractivity contribution in [1.29, 1.82) is 0 Å². The van der Waals surface area contributed by atoms with Crippen molar-refractivity contribution in [3.05, 3.63) is 53.3 Å². The fraction of sp³-hybridized carbons (Fsp3) is 0.333. The fourth-order valence-corrected chi connectivity index (χ4v) is 2.11. The van der Waals surface area contributed by atoms with Crippen molar-refractivity contribution in [2.24, 2.45) is 0 Å². The Morgan fingerprint density at radius 1 is 1.43 bits per heavy atom. The first-order valence-corrected chi connectivity index (χ1v) is 7.11. The number of carbonyl (C=O) groups is 1. The zero-order valence-corrected chi connectivity index (χ0v) is 12.6. The van der Waals surface area contributed by atoms with E-state index in [-0.39, 0.29) is 18.6 Å². The van der Waals surface area contributed by atoms with Gasteiger partial charge in [0.05, 0.1) is 13.2 Å². The summed E-state index contributed by atoms with van der Waals surface area (Å²) in [5, 5.41) is 7.60. The summed E-state index contributed by atoms with van der Waals surface area (Å²) in [4.78, 5) is 11.8. The van der Waals surface area contributed by atoms with E-state index in [1.807, 2.05) is 37.4 Å². The highest BCUT2D eigenvalue weighted by Crippen LogP contribution is 2.15. The van der Waals surface area contributed by atoms with Gasteiger partial charge >= 0.3 is 0 Å². The largest absolute Gasteiger partial charge is 0.367 e. The molecule has 1 heterocycles. The minimum absolute atomic E-state index is 0.00860. The summed E-state index contributed by atoms with van der Waals surface area (Å²) in [5.74, 6) is -0.151. The number of carbonyl (C=O) groups excluding carboxylic acids is 1. The number of benzene rings is 1.